The second-order valence-electron chi connectivity index (χ2n) is 4.49. The molecule has 0 unspecified atom stereocenters. The molecule has 0 heterocycles. The fourth-order valence-corrected chi connectivity index (χ4v) is 3.07. The molecular weight excluding hydrogens is 382 g/mol. The van der Waals surface area contributed by atoms with Crippen LogP contribution in [0.2, 0.25) is 0 Å². The van der Waals surface area contributed by atoms with E-state index in [0.29, 0.717) is 0 Å². The Balaban J connectivity index is 1.86. The maximum Gasteiger partial charge on any atom is 0.255 e. The summed E-state index contributed by atoms with van der Waals surface area (Å²) >= 11 is 3.33. The van der Waals surface area contributed by atoms with E-state index in [-0.39, 0.29) is 4.90 Å². The van der Waals surface area contributed by atoms with Gasteiger partial charge in [-0.05, 0) is 29.8 Å². The highest BCUT2D eigenvalue weighted by atomic mass is 79.9. The van der Waals surface area contributed by atoms with Gasteiger partial charge in [-0.15, -0.1) is 0 Å². The van der Waals surface area contributed by atoms with E-state index in [1.807, 2.05) is 24.3 Å². The maximum absolute atomic E-state index is 11.9. The van der Waals surface area contributed by atoms with Gasteiger partial charge < -0.3 is 0 Å². The van der Waals surface area contributed by atoms with Gasteiger partial charge in [-0.1, -0.05) is 46.3 Å². The molecule has 2 N–H and O–H groups in total. The molecule has 23 heavy (non-hydrogen) atoms. The topological polar surface area (TPSA) is 87.6 Å². The summed E-state index contributed by atoms with van der Waals surface area (Å²) in [5.41, 5.74) is 3.06. The number of halogens is 1. The molecular formula is C15H14BrN3O3S. The van der Waals surface area contributed by atoms with Crippen LogP contribution in [0.5, 0.6) is 0 Å². The zero-order valence-corrected chi connectivity index (χ0v) is 14.3. The van der Waals surface area contributed by atoms with E-state index in [0.717, 1.165) is 10.0 Å². The molecule has 0 aromatic heterocycles. The highest BCUT2D eigenvalue weighted by Crippen LogP contribution is 2.09. The SMILES string of the molecule is O=C(CNS(=O)(=O)c1ccccc1)N/N=C/c1cccc(Br)c1. The van der Waals surface area contributed by atoms with Crippen LogP contribution in [0.1, 0.15) is 5.56 Å². The summed E-state index contributed by atoms with van der Waals surface area (Å²) in [5, 5.41) is 3.78. The summed E-state index contributed by atoms with van der Waals surface area (Å²) in [6.07, 6.45) is 1.47. The highest BCUT2D eigenvalue weighted by Gasteiger charge is 2.14. The van der Waals surface area contributed by atoms with Crippen LogP contribution in [-0.2, 0) is 14.8 Å². The van der Waals surface area contributed by atoms with Crippen LogP contribution in [0, 0.1) is 0 Å². The maximum atomic E-state index is 11.9. The van der Waals surface area contributed by atoms with E-state index in [1.54, 1.807) is 18.2 Å². The minimum absolute atomic E-state index is 0.102. The number of hydrogen-bond acceptors (Lipinski definition) is 4. The van der Waals surface area contributed by atoms with Crippen molar-refractivity contribution in [3.05, 3.63) is 64.6 Å². The first-order valence-electron chi connectivity index (χ1n) is 6.59. The van der Waals surface area contributed by atoms with Crippen LogP contribution in [0.25, 0.3) is 0 Å². The van der Waals surface area contributed by atoms with Crippen molar-refractivity contribution in [3.8, 4) is 0 Å². The standard InChI is InChI=1S/C15H14BrN3O3S/c16-13-6-4-5-12(9-13)10-17-19-15(20)11-18-23(21,22)14-7-2-1-3-8-14/h1-10,18H,11H2,(H,19,20)/b17-10+. The number of benzene rings is 2. The molecule has 0 spiro atoms. The van der Waals surface area contributed by atoms with Crippen LogP contribution >= 0.6 is 15.9 Å². The summed E-state index contributed by atoms with van der Waals surface area (Å²) in [6.45, 7) is -0.396. The van der Waals surface area contributed by atoms with Gasteiger partial charge in [0.1, 0.15) is 0 Å². The van der Waals surface area contributed by atoms with Crippen molar-refractivity contribution in [2.24, 2.45) is 5.10 Å². The Bertz CT molecular complexity index is 808. The summed E-state index contributed by atoms with van der Waals surface area (Å²) in [6, 6.07) is 15.2. The Hall–Kier alpha value is -2.03. The zero-order chi connectivity index (χ0) is 16.7. The van der Waals surface area contributed by atoms with Crippen molar-refractivity contribution in [2.45, 2.75) is 4.90 Å². The summed E-state index contributed by atoms with van der Waals surface area (Å²) < 4.78 is 27.0. The Morgan fingerprint density at radius 1 is 1.13 bits per heavy atom. The van der Waals surface area contributed by atoms with Gasteiger partial charge in [-0.3, -0.25) is 4.79 Å². The lowest BCUT2D eigenvalue weighted by molar-refractivity contribution is -0.119. The Kier molecular flexibility index (Phi) is 6.03. The molecule has 0 atom stereocenters. The van der Waals surface area contributed by atoms with Crippen LogP contribution in [0.3, 0.4) is 0 Å². The molecule has 6 nitrogen and oxygen atoms in total. The number of hydrogen-bond donors (Lipinski definition) is 2. The van der Waals surface area contributed by atoms with Crippen LogP contribution < -0.4 is 10.1 Å². The molecule has 120 valence electrons. The molecule has 1 amide bonds. The first-order chi connectivity index (χ1) is 11.0. The average Bonchev–Trinajstić information content (AvgIpc) is 2.54. The molecule has 8 heteroatoms. The monoisotopic (exact) mass is 395 g/mol. The number of rotatable bonds is 6. The zero-order valence-electron chi connectivity index (χ0n) is 11.9. The largest absolute Gasteiger partial charge is 0.272 e. The molecule has 0 saturated heterocycles. The van der Waals surface area contributed by atoms with Crippen molar-refractivity contribution < 1.29 is 13.2 Å². The van der Waals surface area contributed by atoms with Gasteiger partial charge in [-0.2, -0.15) is 5.10 Å². The Morgan fingerprint density at radius 3 is 2.57 bits per heavy atom. The number of nitrogens with zero attached hydrogens (tertiary/aromatic N) is 1. The first-order valence-corrected chi connectivity index (χ1v) is 8.87. The molecule has 0 aliphatic heterocycles. The van der Waals surface area contributed by atoms with Gasteiger partial charge in [-0.25, -0.2) is 18.6 Å². The second kappa shape index (κ2) is 8.00. The minimum atomic E-state index is -3.71. The highest BCUT2D eigenvalue weighted by molar-refractivity contribution is 9.10. The third-order valence-electron chi connectivity index (χ3n) is 2.73. The first kappa shape index (κ1) is 17.3. The fraction of sp³-hybridized carbons (Fsp3) is 0.0667. The predicted molar refractivity (Wildman–Crippen MR) is 91.5 cm³/mol. The fourth-order valence-electron chi connectivity index (χ4n) is 1.65. The van der Waals surface area contributed by atoms with E-state index < -0.39 is 22.5 Å². The van der Waals surface area contributed by atoms with Gasteiger partial charge in [0.05, 0.1) is 17.7 Å². The number of carbonyl (C=O) groups is 1. The molecule has 2 rings (SSSR count). The third-order valence-corrected chi connectivity index (χ3v) is 4.64. The number of carbonyl (C=O) groups excluding carboxylic acids is 1. The second-order valence-corrected chi connectivity index (χ2v) is 7.17. The van der Waals surface area contributed by atoms with Gasteiger partial charge in [0, 0.05) is 4.47 Å². The van der Waals surface area contributed by atoms with E-state index in [2.05, 4.69) is 31.2 Å². The molecule has 0 radical (unpaired) electrons. The normalized spacial score (nSPS) is 11.5. The lowest BCUT2D eigenvalue weighted by Crippen LogP contribution is -2.34. The van der Waals surface area contributed by atoms with E-state index >= 15 is 0 Å². The number of sulfonamides is 1. The van der Waals surface area contributed by atoms with Crippen molar-refractivity contribution in [2.75, 3.05) is 6.54 Å². The molecule has 0 aliphatic carbocycles. The Morgan fingerprint density at radius 2 is 1.87 bits per heavy atom. The molecule has 0 fully saturated rings. The molecule has 2 aromatic carbocycles. The molecule has 0 bridgehead atoms. The summed E-state index contributed by atoms with van der Waals surface area (Å²) in [7, 11) is -3.71. The van der Waals surface area contributed by atoms with Gasteiger partial charge >= 0.3 is 0 Å². The third kappa shape index (κ3) is 5.59. The molecule has 0 saturated carbocycles. The van der Waals surface area contributed by atoms with Crippen molar-refractivity contribution in [1.29, 1.82) is 0 Å². The predicted octanol–water partition coefficient (Wildman–Crippen LogP) is 1.88. The van der Waals surface area contributed by atoms with Gasteiger partial charge in [0.25, 0.3) is 5.91 Å². The van der Waals surface area contributed by atoms with Crippen LogP contribution in [-0.4, -0.2) is 27.1 Å². The van der Waals surface area contributed by atoms with E-state index in [4.69, 9.17) is 0 Å². The number of amides is 1. The lowest BCUT2D eigenvalue weighted by Gasteiger charge is -2.05. The number of hydrazone groups is 1. The lowest BCUT2D eigenvalue weighted by atomic mass is 10.2. The molecule has 2 aromatic rings. The quantitative estimate of drug-likeness (QED) is 0.577. The molecule has 0 aliphatic rings. The van der Waals surface area contributed by atoms with Crippen molar-refractivity contribution in [3.63, 3.8) is 0 Å². The average molecular weight is 396 g/mol. The minimum Gasteiger partial charge on any atom is -0.272 e. The van der Waals surface area contributed by atoms with Gasteiger partial charge in [0.2, 0.25) is 10.0 Å². The smallest absolute Gasteiger partial charge is 0.255 e. The summed E-state index contributed by atoms with van der Waals surface area (Å²) in [4.78, 5) is 11.7. The van der Waals surface area contributed by atoms with Crippen LogP contribution in [0.15, 0.2) is 69.1 Å². The summed E-state index contributed by atoms with van der Waals surface area (Å²) in [5.74, 6) is -0.559. The van der Waals surface area contributed by atoms with Gasteiger partial charge in [0.15, 0.2) is 0 Å². The van der Waals surface area contributed by atoms with E-state index in [1.165, 1.54) is 18.3 Å². The van der Waals surface area contributed by atoms with Crippen molar-refractivity contribution in [1.82, 2.24) is 10.1 Å². The van der Waals surface area contributed by atoms with Crippen molar-refractivity contribution >= 4 is 38.1 Å². The van der Waals surface area contributed by atoms with Crippen LogP contribution in [0.4, 0.5) is 0 Å². The Labute approximate surface area is 142 Å². The van der Waals surface area contributed by atoms with E-state index in [9.17, 15) is 13.2 Å². The number of nitrogens with one attached hydrogen (secondary N) is 2.